The van der Waals surface area contributed by atoms with E-state index in [9.17, 15) is 9.59 Å². The molecule has 1 N–H and O–H groups in total. The Morgan fingerprint density at radius 1 is 1.13 bits per heavy atom. The number of para-hydroxylation sites is 2. The van der Waals surface area contributed by atoms with E-state index in [0.29, 0.717) is 21.8 Å². The molecule has 2 heterocycles. The molecule has 0 atom stereocenters. The van der Waals surface area contributed by atoms with Gasteiger partial charge in [-0.1, -0.05) is 42.1 Å². The first-order chi connectivity index (χ1) is 14.5. The Morgan fingerprint density at radius 3 is 2.60 bits per heavy atom. The number of hydrogen-bond donors (Lipinski definition) is 1. The first kappa shape index (κ1) is 19.7. The van der Waals surface area contributed by atoms with Gasteiger partial charge in [-0.25, -0.2) is 4.57 Å². The lowest BCUT2D eigenvalue weighted by Crippen LogP contribution is -2.25. The zero-order chi connectivity index (χ0) is 21.3. The highest BCUT2D eigenvalue weighted by Gasteiger charge is 2.20. The molecule has 0 aliphatic rings. The number of benzene rings is 2. The summed E-state index contributed by atoms with van der Waals surface area (Å²) in [5.74, 6) is 0.195. The molecule has 0 fully saturated rings. The van der Waals surface area contributed by atoms with Gasteiger partial charge >= 0.3 is 0 Å². The molecule has 0 spiro atoms. The van der Waals surface area contributed by atoms with E-state index in [1.54, 1.807) is 15.0 Å². The fourth-order valence-electron chi connectivity index (χ4n) is 3.45. The van der Waals surface area contributed by atoms with E-state index in [-0.39, 0.29) is 23.8 Å². The molecule has 9 heteroatoms. The van der Waals surface area contributed by atoms with E-state index >= 15 is 0 Å². The molecule has 0 radical (unpaired) electrons. The smallest absolute Gasteiger partial charge is 0.267 e. The van der Waals surface area contributed by atoms with E-state index in [4.69, 9.17) is 5.26 Å². The number of fused-ring (bicyclic) bond motifs is 3. The number of hydrogen-bond acceptors (Lipinski definition) is 6. The molecular formula is C21H18N6O2S. The van der Waals surface area contributed by atoms with Crippen LogP contribution in [-0.2, 0) is 4.79 Å². The Hall–Kier alpha value is -3.64. The van der Waals surface area contributed by atoms with Crippen molar-refractivity contribution in [3.8, 4) is 11.8 Å². The summed E-state index contributed by atoms with van der Waals surface area (Å²) in [5.41, 5.74) is 3.16. The van der Waals surface area contributed by atoms with Gasteiger partial charge in [0.05, 0.1) is 28.4 Å². The van der Waals surface area contributed by atoms with Gasteiger partial charge in [-0.05, 0) is 37.1 Å². The number of thioether (sulfide) groups is 1. The lowest BCUT2D eigenvalue weighted by Gasteiger charge is -2.15. The molecule has 4 rings (SSSR count). The van der Waals surface area contributed by atoms with E-state index in [2.05, 4.69) is 15.5 Å². The van der Waals surface area contributed by atoms with Crippen LogP contribution in [0.4, 0.5) is 0 Å². The van der Waals surface area contributed by atoms with Crippen LogP contribution < -0.4 is 10.9 Å². The maximum Gasteiger partial charge on any atom is 0.267 e. The fourth-order valence-corrected chi connectivity index (χ4v) is 4.22. The summed E-state index contributed by atoms with van der Waals surface area (Å²) >= 11 is 1.20. The lowest BCUT2D eigenvalue weighted by molar-refractivity contribution is -0.118. The summed E-state index contributed by atoms with van der Waals surface area (Å²) in [7, 11) is 0. The first-order valence-electron chi connectivity index (χ1n) is 9.25. The van der Waals surface area contributed by atoms with Crippen molar-refractivity contribution in [2.24, 2.45) is 0 Å². The van der Waals surface area contributed by atoms with Crippen molar-refractivity contribution in [1.29, 1.82) is 5.26 Å². The molecule has 0 aliphatic heterocycles. The number of carbonyl (C=O) groups is 1. The van der Waals surface area contributed by atoms with Gasteiger partial charge in [0.2, 0.25) is 11.7 Å². The van der Waals surface area contributed by atoms with Crippen molar-refractivity contribution in [3.05, 3.63) is 63.9 Å². The number of nitrogens with zero attached hydrogens (tertiary/aromatic N) is 5. The van der Waals surface area contributed by atoms with Crippen LogP contribution in [0.1, 0.15) is 11.1 Å². The van der Waals surface area contributed by atoms with Crippen LogP contribution in [0.15, 0.2) is 52.4 Å². The Labute approximate surface area is 176 Å². The molecule has 30 heavy (non-hydrogen) atoms. The third kappa shape index (κ3) is 3.31. The SMILES string of the molecule is Cc1cccc(C)c1-n1c(=O)c2ccccc2n2c(SCC(=O)NCC#N)nnc12. The molecule has 0 saturated carbocycles. The van der Waals surface area contributed by atoms with Crippen molar-refractivity contribution >= 4 is 34.3 Å². The zero-order valence-electron chi connectivity index (χ0n) is 16.4. The normalized spacial score (nSPS) is 11.0. The van der Waals surface area contributed by atoms with Crippen molar-refractivity contribution in [2.45, 2.75) is 19.0 Å². The second-order valence-electron chi connectivity index (χ2n) is 6.74. The number of nitriles is 1. The van der Waals surface area contributed by atoms with Gasteiger partial charge < -0.3 is 5.32 Å². The summed E-state index contributed by atoms with van der Waals surface area (Å²) in [6, 6.07) is 15.0. The number of aryl methyl sites for hydroxylation is 2. The topological polar surface area (TPSA) is 105 Å². The summed E-state index contributed by atoms with van der Waals surface area (Å²) in [4.78, 5) is 25.4. The predicted octanol–water partition coefficient (Wildman–Crippen LogP) is 2.38. The van der Waals surface area contributed by atoms with Crippen LogP contribution in [0.3, 0.4) is 0 Å². The second-order valence-corrected chi connectivity index (χ2v) is 7.68. The summed E-state index contributed by atoms with van der Waals surface area (Å²) in [5, 5.41) is 20.7. The second kappa shape index (κ2) is 8.00. The van der Waals surface area contributed by atoms with Crippen molar-refractivity contribution in [2.75, 3.05) is 12.3 Å². The highest BCUT2D eigenvalue weighted by Crippen LogP contribution is 2.25. The van der Waals surface area contributed by atoms with Gasteiger partial charge in [0, 0.05) is 0 Å². The lowest BCUT2D eigenvalue weighted by atomic mass is 10.1. The minimum Gasteiger partial charge on any atom is -0.342 e. The van der Waals surface area contributed by atoms with Gasteiger partial charge in [0.1, 0.15) is 6.54 Å². The maximum atomic E-state index is 13.4. The Bertz CT molecular complexity index is 1360. The molecule has 0 aliphatic carbocycles. The largest absolute Gasteiger partial charge is 0.342 e. The monoisotopic (exact) mass is 418 g/mol. The van der Waals surface area contributed by atoms with Crippen LogP contribution in [0.25, 0.3) is 22.4 Å². The van der Waals surface area contributed by atoms with Crippen LogP contribution >= 0.6 is 11.8 Å². The summed E-state index contributed by atoms with van der Waals surface area (Å²) < 4.78 is 3.38. The van der Waals surface area contributed by atoms with Gasteiger partial charge in [-0.15, -0.1) is 10.2 Å². The minimum absolute atomic E-state index is 0.0466. The minimum atomic E-state index is -0.273. The molecule has 0 saturated heterocycles. The van der Waals surface area contributed by atoms with E-state index in [1.807, 2.05) is 56.3 Å². The Kier molecular flexibility index (Phi) is 5.25. The van der Waals surface area contributed by atoms with Crippen LogP contribution in [0.2, 0.25) is 0 Å². The van der Waals surface area contributed by atoms with Gasteiger partial charge in [-0.3, -0.25) is 14.0 Å². The van der Waals surface area contributed by atoms with E-state index in [1.165, 1.54) is 11.8 Å². The molecule has 1 amide bonds. The fraction of sp³-hybridized carbons (Fsp3) is 0.190. The maximum absolute atomic E-state index is 13.4. The van der Waals surface area contributed by atoms with Gasteiger partial charge in [0.25, 0.3) is 5.56 Å². The number of amides is 1. The van der Waals surface area contributed by atoms with Crippen LogP contribution in [0, 0.1) is 25.2 Å². The predicted molar refractivity (Wildman–Crippen MR) is 115 cm³/mol. The number of carbonyl (C=O) groups excluding carboxylic acids is 1. The Morgan fingerprint density at radius 2 is 1.87 bits per heavy atom. The quantitative estimate of drug-likeness (QED) is 0.394. The van der Waals surface area contributed by atoms with Crippen LogP contribution in [-0.4, -0.2) is 37.4 Å². The average Bonchev–Trinajstić information content (AvgIpc) is 3.16. The first-order valence-corrected chi connectivity index (χ1v) is 10.2. The molecule has 2 aromatic heterocycles. The zero-order valence-corrected chi connectivity index (χ0v) is 17.2. The summed E-state index contributed by atoms with van der Waals surface area (Å²) in [6.07, 6.45) is 0. The average molecular weight is 418 g/mol. The van der Waals surface area contributed by atoms with Crippen molar-refractivity contribution < 1.29 is 4.79 Å². The Balaban J connectivity index is 1.95. The molecule has 2 aromatic carbocycles. The van der Waals surface area contributed by atoms with Gasteiger partial charge in [0.15, 0.2) is 5.16 Å². The van der Waals surface area contributed by atoms with E-state index in [0.717, 1.165) is 16.8 Å². The van der Waals surface area contributed by atoms with Gasteiger partial charge in [-0.2, -0.15) is 5.26 Å². The third-order valence-corrected chi connectivity index (χ3v) is 5.68. The molecular weight excluding hydrogens is 400 g/mol. The highest BCUT2D eigenvalue weighted by molar-refractivity contribution is 7.99. The molecule has 0 unspecified atom stereocenters. The van der Waals surface area contributed by atoms with E-state index < -0.39 is 0 Å². The standard InChI is InChI=1S/C21H18N6O2S/c1-13-6-5-7-14(2)18(13)27-19(29)15-8-3-4-9-16(15)26-20(27)24-25-21(26)30-12-17(28)23-11-10-22/h3-9H,11-12H2,1-2H3,(H,23,28). The van der Waals surface area contributed by atoms with Crippen LogP contribution in [0.5, 0.6) is 0 Å². The van der Waals surface area contributed by atoms with Crippen molar-refractivity contribution in [3.63, 3.8) is 0 Å². The molecule has 0 bridgehead atoms. The molecule has 150 valence electrons. The number of nitrogens with one attached hydrogen (secondary N) is 1. The number of rotatable bonds is 5. The van der Waals surface area contributed by atoms with Crippen molar-refractivity contribution in [1.82, 2.24) is 24.5 Å². The highest BCUT2D eigenvalue weighted by atomic mass is 32.2. The summed E-state index contributed by atoms with van der Waals surface area (Å²) in [6.45, 7) is 3.85. The molecule has 4 aromatic rings. The molecule has 8 nitrogen and oxygen atoms in total. The third-order valence-electron chi connectivity index (χ3n) is 4.75. The number of aromatic nitrogens is 4.